The van der Waals surface area contributed by atoms with Crippen LogP contribution >= 0.6 is 0 Å². The summed E-state index contributed by atoms with van der Waals surface area (Å²) in [5.41, 5.74) is 3.01. The third kappa shape index (κ3) is 2.83. The molecule has 0 aliphatic heterocycles. The first-order valence-electron chi connectivity index (χ1n) is 6.47. The third-order valence-electron chi connectivity index (χ3n) is 3.35. The maximum Gasteiger partial charge on any atom is -1.00 e. The molecule has 0 fully saturated rings. The zero-order chi connectivity index (χ0) is 12.2. The van der Waals surface area contributed by atoms with Crippen molar-refractivity contribution in [1.82, 2.24) is 0 Å². The molecule has 18 heavy (non-hydrogen) atoms. The molecule has 1 aromatic rings. The Kier molecular flexibility index (Phi) is 3.78. The predicted octanol–water partition coefficient (Wildman–Crippen LogP) is 4.59. The topological polar surface area (TPSA) is 0 Å². The number of allylic oxidation sites excluding steroid dienone is 8. The monoisotopic (exact) mass is 270 g/mol. The molecule has 2 aliphatic carbocycles. The summed E-state index contributed by atoms with van der Waals surface area (Å²) in [5, 5.41) is 0. The van der Waals surface area contributed by atoms with E-state index in [9.17, 15) is 0 Å². The smallest absolute Gasteiger partial charge is 1.00 e. The van der Waals surface area contributed by atoms with Gasteiger partial charge in [0.25, 0.3) is 0 Å². The zero-order valence-electron chi connectivity index (χ0n) is 12.4. The minimum absolute atomic E-state index is 0. The molecular weight excluding hydrogens is 252 g/mol. The van der Waals surface area contributed by atoms with Crippen LogP contribution in [0.3, 0.4) is 0 Å². The van der Waals surface area contributed by atoms with Crippen LogP contribution in [0.5, 0.6) is 0 Å². The van der Waals surface area contributed by atoms with E-state index < -0.39 is 0 Å². The van der Waals surface area contributed by atoms with E-state index in [-0.39, 0.29) is 22.0 Å². The van der Waals surface area contributed by atoms with Crippen LogP contribution in [0.2, 0.25) is 0 Å². The van der Waals surface area contributed by atoms with Gasteiger partial charge in [-0.25, -0.2) is 0 Å². The van der Waals surface area contributed by atoms with Crippen molar-refractivity contribution in [2.24, 2.45) is 0 Å². The molecule has 0 radical (unpaired) electrons. The van der Waals surface area contributed by atoms with Gasteiger partial charge in [-0.1, -0.05) is 0 Å². The normalized spacial score (nSPS) is 17.4. The minimum Gasteiger partial charge on any atom is -1.00 e. The molecule has 1 heteroatoms. The molecule has 1 aromatic carbocycles. The quantitative estimate of drug-likeness (QED) is 0.702. The van der Waals surface area contributed by atoms with Crippen molar-refractivity contribution in [2.75, 3.05) is 0 Å². The van der Waals surface area contributed by atoms with Gasteiger partial charge in [0.1, 0.15) is 0 Å². The SMILES string of the molecule is C1=CC[C]([Ti][C]2=C(Cc3ccccc3)C=CC2)=C1.[H-].[H-]. The van der Waals surface area contributed by atoms with E-state index in [1.807, 2.05) is 0 Å². The third-order valence-corrected chi connectivity index (χ3v) is 5.72. The molecule has 0 nitrogen and oxygen atoms in total. The molecule has 0 N–H and O–H groups in total. The fraction of sp³-hybridized carbons (Fsp3) is 0.176. The molecule has 0 atom stereocenters. The molecule has 0 amide bonds. The summed E-state index contributed by atoms with van der Waals surface area (Å²) in [7, 11) is 0. The largest absolute Gasteiger partial charge is 1.00 e. The molecule has 0 heterocycles. The summed E-state index contributed by atoms with van der Waals surface area (Å²) in [5.74, 6) is 0. The van der Waals surface area contributed by atoms with E-state index >= 15 is 0 Å². The van der Waals surface area contributed by atoms with Crippen molar-refractivity contribution < 1.29 is 22.0 Å². The van der Waals surface area contributed by atoms with Crippen LogP contribution in [0, 0.1) is 0 Å². The molecule has 0 aromatic heterocycles. The number of hydrogen-bond donors (Lipinski definition) is 0. The first-order valence-corrected chi connectivity index (χ1v) is 8.03. The van der Waals surface area contributed by atoms with Gasteiger partial charge in [0.2, 0.25) is 0 Å². The fourth-order valence-electron chi connectivity index (χ4n) is 2.40. The summed E-state index contributed by atoms with van der Waals surface area (Å²) in [4.78, 5) is 0. The Labute approximate surface area is 121 Å². The maximum absolute atomic E-state index is 2.34. The molecule has 92 valence electrons. The molecule has 3 rings (SSSR count). The maximum atomic E-state index is 2.34. The van der Waals surface area contributed by atoms with Crippen molar-refractivity contribution in [3.63, 3.8) is 0 Å². The van der Waals surface area contributed by atoms with E-state index in [1.165, 1.54) is 18.4 Å². The van der Waals surface area contributed by atoms with Gasteiger partial charge in [0.05, 0.1) is 0 Å². The van der Waals surface area contributed by atoms with Crippen LogP contribution in [0.1, 0.15) is 21.3 Å². The summed E-state index contributed by atoms with van der Waals surface area (Å²) in [6.45, 7) is 0. The van der Waals surface area contributed by atoms with Crippen LogP contribution in [-0.2, 0) is 25.6 Å². The second-order valence-electron chi connectivity index (χ2n) is 4.72. The molecule has 0 unspecified atom stereocenters. The van der Waals surface area contributed by atoms with Crippen molar-refractivity contribution in [3.8, 4) is 0 Å². The standard InChI is InChI=1S/C12H11.C5H5.Ti.2H/c1-2-6-11(7-3-1)10-12-8-4-5-9-12;1-2-4-5-3-1;;;/h1-4,6-8H,5,10H2;1-3H,4H2;;;/q;;;2*-1. The van der Waals surface area contributed by atoms with Crippen molar-refractivity contribution in [3.05, 3.63) is 79.6 Å². The van der Waals surface area contributed by atoms with Gasteiger partial charge in [0.15, 0.2) is 0 Å². The average molecular weight is 270 g/mol. The Morgan fingerprint density at radius 2 is 1.94 bits per heavy atom. The fourth-order valence-corrected chi connectivity index (χ4v) is 4.49. The molecule has 0 spiro atoms. The summed E-state index contributed by atoms with van der Waals surface area (Å²) >= 11 is -0.0495. The van der Waals surface area contributed by atoms with Gasteiger partial charge < -0.3 is 2.85 Å². The molecule has 0 bridgehead atoms. The number of rotatable bonds is 4. The number of hydrogen-bond acceptors (Lipinski definition) is 0. The van der Waals surface area contributed by atoms with Crippen molar-refractivity contribution in [1.29, 1.82) is 0 Å². The predicted molar refractivity (Wildman–Crippen MR) is 75.0 cm³/mol. The van der Waals surface area contributed by atoms with E-state index in [0.717, 1.165) is 6.42 Å². The van der Waals surface area contributed by atoms with E-state index in [2.05, 4.69) is 60.7 Å². The molecule has 2 aliphatic rings. The summed E-state index contributed by atoms with van der Waals surface area (Å²) < 4.78 is 3.41. The number of benzene rings is 1. The van der Waals surface area contributed by atoms with Gasteiger partial charge in [0, 0.05) is 0 Å². The zero-order valence-corrected chi connectivity index (χ0v) is 12.0. The van der Waals surface area contributed by atoms with Crippen LogP contribution in [0.15, 0.2) is 74.0 Å². The van der Waals surface area contributed by atoms with Crippen molar-refractivity contribution in [2.45, 2.75) is 19.3 Å². The summed E-state index contributed by atoms with van der Waals surface area (Å²) in [6, 6.07) is 10.8. The van der Waals surface area contributed by atoms with Crippen LogP contribution in [0.4, 0.5) is 0 Å². The first kappa shape index (κ1) is 12.0. The van der Waals surface area contributed by atoms with Crippen LogP contribution in [-0.4, -0.2) is 0 Å². The van der Waals surface area contributed by atoms with Gasteiger partial charge in [-0.3, -0.25) is 0 Å². The minimum atomic E-state index is -0.0495. The Morgan fingerprint density at radius 3 is 2.72 bits per heavy atom. The molecular formula is C17H18Ti-2. The molecule has 0 saturated carbocycles. The van der Waals surface area contributed by atoms with Crippen LogP contribution < -0.4 is 0 Å². The van der Waals surface area contributed by atoms with E-state index in [1.54, 1.807) is 13.3 Å². The Morgan fingerprint density at radius 1 is 1.06 bits per heavy atom. The molecule has 0 saturated heterocycles. The van der Waals surface area contributed by atoms with Crippen LogP contribution in [0.25, 0.3) is 0 Å². The summed E-state index contributed by atoms with van der Waals surface area (Å²) in [6.07, 6.45) is 15.0. The van der Waals surface area contributed by atoms with Gasteiger partial charge >= 0.3 is 118 Å². The Bertz CT molecular complexity index is 554. The second-order valence-corrected chi connectivity index (χ2v) is 7.06. The second kappa shape index (κ2) is 5.69. The van der Waals surface area contributed by atoms with Gasteiger partial charge in [-0.15, -0.1) is 0 Å². The van der Waals surface area contributed by atoms with Gasteiger partial charge in [-0.2, -0.15) is 0 Å². The van der Waals surface area contributed by atoms with E-state index in [4.69, 9.17) is 0 Å². The van der Waals surface area contributed by atoms with Crippen molar-refractivity contribution >= 4 is 0 Å². The Balaban J connectivity index is 0.000001000. The average Bonchev–Trinajstić information content (AvgIpc) is 3.04. The first-order chi connectivity index (χ1) is 8.92. The van der Waals surface area contributed by atoms with E-state index in [0.29, 0.717) is 0 Å². The Hall–Kier alpha value is -1.11. The van der Waals surface area contributed by atoms with Gasteiger partial charge in [-0.05, 0) is 0 Å².